The van der Waals surface area contributed by atoms with Gasteiger partial charge in [-0.15, -0.1) is 0 Å². The van der Waals surface area contributed by atoms with Crippen LogP contribution in [-0.2, 0) is 5.41 Å². The van der Waals surface area contributed by atoms with Crippen LogP contribution >= 0.6 is 23.2 Å². The molecule has 0 aromatic heterocycles. The zero-order chi connectivity index (χ0) is 11.6. The van der Waals surface area contributed by atoms with Gasteiger partial charge < -0.3 is 0 Å². The molecule has 0 saturated heterocycles. The molecule has 0 amide bonds. The number of rotatable bonds is 2. The van der Waals surface area contributed by atoms with Crippen LogP contribution in [0.15, 0.2) is 28.8 Å². The molecule has 0 heterocycles. The topological polar surface area (TPSA) is 0 Å². The molecule has 0 aliphatic carbocycles. The Hall–Kier alpha value is -0.460. The molecule has 1 aromatic carbocycles. The molecule has 0 spiro atoms. The molecule has 0 aliphatic heterocycles. The fourth-order valence-electron chi connectivity index (χ4n) is 1.89. The number of halogens is 2. The Bertz CT molecular complexity index is 386. The summed E-state index contributed by atoms with van der Waals surface area (Å²) < 4.78 is 0.319. The van der Waals surface area contributed by atoms with Gasteiger partial charge in [0.25, 0.3) is 0 Å². The lowest BCUT2D eigenvalue weighted by molar-refractivity contribution is 0.664. The standard InChI is InChI=1S/C13H16Cl2/c1-9-5-6-11(10(2)7-9)13(3,4)8-12(14)15/h5-8H,1-4H3. The third-order valence-corrected chi connectivity index (χ3v) is 2.76. The smallest absolute Gasteiger partial charge is 0.0712 e. The van der Waals surface area contributed by atoms with Gasteiger partial charge in [0.1, 0.15) is 4.49 Å². The molecule has 82 valence electrons. The van der Waals surface area contributed by atoms with Gasteiger partial charge in [-0.3, -0.25) is 0 Å². The fourth-order valence-corrected chi connectivity index (χ4v) is 2.43. The predicted molar refractivity (Wildman–Crippen MR) is 68.7 cm³/mol. The summed E-state index contributed by atoms with van der Waals surface area (Å²) in [6, 6.07) is 6.42. The van der Waals surface area contributed by atoms with Crippen molar-refractivity contribution >= 4 is 23.2 Å². The fraction of sp³-hybridized carbons (Fsp3) is 0.385. The summed E-state index contributed by atoms with van der Waals surface area (Å²) >= 11 is 11.4. The molecule has 15 heavy (non-hydrogen) atoms. The second-order valence-electron chi connectivity index (χ2n) is 4.47. The highest BCUT2D eigenvalue weighted by atomic mass is 35.5. The van der Waals surface area contributed by atoms with Crippen LogP contribution in [0.3, 0.4) is 0 Å². The molecule has 0 N–H and O–H groups in total. The van der Waals surface area contributed by atoms with E-state index in [0.717, 1.165) is 0 Å². The maximum Gasteiger partial charge on any atom is 0.103 e. The van der Waals surface area contributed by atoms with E-state index in [4.69, 9.17) is 23.2 Å². The van der Waals surface area contributed by atoms with Crippen LogP contribution in [-0.4, -0.2) is 0 Å². The van der Waals surface area contributed by atoms with Crippen LogP contribution in [0, 0.1) is 13.8 Å². The second kappa shape index (κ2) is 4.59. The lowest BCUT2D eigenvalue weighted by Crippen LogP contribution is -2.15. The average molecular weight is 243 g/mol. The highest BCUT2D eigenvalue weighted by Crippen LogP contribution is 2.30. The van der Waals surface area contributed by atoms with E-state index < -0.39 is 0 Å². The van der Waals surface area contributed by atoms with Crippen molar-refractivity contribution < 1.29 is 0 Å². The van der Waals surface area contributed by atoms with Crippen molar-refractivity contribution in [1.82, 2.24) is 0 Å². The first-order chi connectivity index (χ1) is 6.83. The normalized spacial score (nSPS) is 11.3. The molecule has 0 radical (unpaired) electrons. The first kappa shape index (κ1) is 12.6. The summed E-state index contributed by atoms with van der Waals surface area (Å²) in [6.07, 6.45) is 1.87. The minimum Gasteiger partial charge on any atom is -0.0712 e. The first-order valence-corrected chi connectivity index (χ1v) is 5.70. The monoisotopic (exact) mass is 242 g/mol. The lowest BCUT2D eigenvalue weighted by atomic mass is 9.82. The minimum absolute atomic E-state index is 0.128. The van der Waals surface area contributed by atoms with Crippen molar-refractivity contribution in [3.05, 3.63) is 45.5 Å². The van der Waals surface area contributed by atoms with Gasteiger partial charge in [0.15, 0.2) is 0 Å². The number of allylic oxidation sites excluding steroid dienone is 1. The Morgan fingerprint density at radius 2 is 1.80 bits per heavy atom. The largest absolute Gasteiger partial charge is 0.103 e. The van der Waals surface area contributed by atoms with Crippen LogP contribution in [0.4, 0.5) is 0 Å². The molecule has 0 unspecified atom stereocenters. The van der Waals surface area contributed by atoms with Gasteiger partial charge in [-0.1, -0.05) is 60.8 Å². The molecule has 0 nitrogen and oxygen atoms in total. The maximum atomic E-state index is 5.72. The van der Waals surface area contributed by atoms with E-state index in [9.17, 15) is 0 Å². The van der Waals surface area contributed by atoms with Gasteiger partial charge in [0.2, 0.25) is 0 Å². The Kier molecular flexibility index (Phi) is 3.86. The van der Waals surface area contributed by atoms with Gasteiger partial charge in [-0.25, -0.2) is 0 Å². The third-order valence-electron chi connectivity index (χ3n) is 2.55. The molecule has 0 fully saturated rings. The van der Waals surface area contributed by atoms with E-state index >= 15 is 0 Å². The van der Waals surface area contributed by atoms with Crippen LogP contribution in [0.25, 0.3) is 0 Å². The van der Waals surface area contributed by atoms with E-state index in [1.54, 1.807) is 0 Å². The molecule has 1 aromatic rings. The van der Waals surface area contributed by atoms with Crippen molar-refractivity contribution in [2.45, 2.75) is 33.1 Å². The maximum absolute atomic E-state index is 5.72. The summed E-state index contributed by atoms with van der Waals surface area (Å²) in [5.41, 5.74) is 3.67. The van der Waals surface area contributed by atoms with Crippen molar-refractivity contribution in [3.63, 3.8) is 0 Å². The summed E-state index contributed by atoms with van der Waals surface area (Å²) in [7, 11) is 0. The van der Waals surface area contributed by atoms with Crippen LogP contribution in [0.1, 0.15) is 30.5 Å². The zero-order valence-corrected chi connectivity index (χ0v) is 11.1. The van der Waals surface area contributed by atoms with E-state index in [0.29, 0.717) is 4.49 Å². The van der Waals surface area contributed by atoms with Crippen molar-refractivity contribution in [3.8, 4) is 0 Å². The van der Waals surface area contributed by atoms with E-state index in [2.05, 4.69) is 45.9 Å². The van der Waals surface area contributed by atoms with Gasteiger partial charge in [0, 0.05) is 5.41 Å². The van der Waals surface area contributed by atoms with Crippen molar-refractivity contribution in [1.29, 1.82) is 0 Å². The quantitative estimate of drug-likeness (QED) is 0.693. The van der Waals surface area contributed by atoms with Crippen LogP contribution < -0.4 is 0 Å². The summed E-state index contributed by atoms with van der Waals surface area (Å²) in [5.74, 6) is 0. The molecule has 1 rings (SSSR count). The Labute approximate surface area is 102 Å². The predicted octanol–water partition coefficient (Wildman–Crippen LogP) is 4.90. The second-order valence-corrected chi connectivity index (χ2v) is 5.48. The van der Waals surface area contributed by atoms with E-state index in [1.165, 1.54) is 16.7 Å². The highest BCUT2D eigenvalue weighted by Gasteiger charge is 2.20. The van der Waals surface area contributed by atoms with Crippen molar-refractivity contribution in [2.75, 3.05) is 0 Å². The van der Waals surface area contributed by atoms with E-state index in [-0.39, 0.29) is 5.41 Å². The first-order valence-electron chi connectivity index (χ1n) is 4.94. The van der Waals surface area contributed by atoms with Crippen LogP contribution in [0.5, 0.6) is 0 Å². The molecule has 0 atom stereocenters. The number of hydrogen-bond acceptors (Lipinski definition) is 0. The molecule has 0 aliphatic rings. The van der Waals surface area contributed by atoms with Gasteiger partial charge in [-0.2, -0.15) is 0 Å². The highest BCUT2D eigenvalue weighted by molar-refractivity contribution is 6.55. The van der Waals surface area contributed by atoms with Gasteiger partial charge in [-0.05, 0) is 31.1 Å². The van der Waals surface area contributed by atoms with Gasteiger partial charge >= 0.3 is 0 Å². The average Bonchev–Trinajstić information content (AvgIpc) is 1.99. The Balaban J connectivity index is 3.21. The summed E-state index contributed by atoms with van der Waals surface area (Å²) in [5, 5.41) is 0. The van der Waals surface area contributed by atoms with Gasteiger partial charge in [0.05, 0.1) is 0 Å². The summed E-state index contributed by atoms with van der Waals surface area (Å²) in [4.78, 5) is 0. The molecule has 0 bridgehead atoms. The molecule has 0 saturated carbocycles. The van der Waals surface area contributed by atoms with E-state index in [1.807, 2.05) is 6.08 Å². The Morgan fingerprint density at radius 3 is 2.27 bits per heavy atom. The SMILES string of the molecule is Cc1ccc(C(C)(C)C=C(Cl)Cl)c(C)c1. The number of benzene rings is 1. The van der Waals surface area contributed by atoms with Crippen molar-refractivity contribution in [2.24, 2.45) is 0 Å². The number of hydrogen-bond donors (Lipinski definition) is 0. The summed E-state index contributed by atoms with van der Waals surface area (Å²) in [6.45, 7) is 8.42. The third kappa shape index (κ3) is 3.25. The molecular formula is C13H16Cl2. The zero-order valence-electron chi connectivity index (χ0n) is 9.57. The molecule has 2 heteroatoms. The lowest BCUT2D eigenvalue weighted by Gasteiger charge is -2.23. The Morgan fingerprint density at radius 1 is 1.20 bits per heavy atom. The number of aryl methyl sites for hydroxylation is 2. The minimum atomic E-state index is -0.128. The molecular weight excluding hydrogens is 227 g/mol. The van der Waals surface area contributed by atoms with Crippen LogP contribution in [0.2, 0.25) is 0 Å².